The average molecular weight is 379 g/mol. The SMILES string of the molecule is COc1cc(N2CCN(Cc3cccc(C(=O)O)c3Cl)CC2)ccc1F. The van der Waals surface area contributed by atoms with Gasteiger partial charge in [0, 0.05) is 44.5 Å². The molecule has 0 aliphatic carbocycles. The lowest BCUT2D eigenvalue weighted by atomic mass is 10.1. The number of hydrogen-bond acceptors (Lipinski definition) is 4. The van der Waals surface area contributed by atoms with Crippen molar-refractivity contribution in [2.75, 3.05) is 38.2 Å². The fourth-order valence-corrected chi connectivity index (χ4v) is 3.38. The van der Waals surface area contributed by atoms with Crippen molar-refractivity contribution < 1.29 is 19.0 Å². The molecule has 0 bridgehead atoms. The second-order valence-corrected chi connectivity index (χ2v) is 6.54. The number of hydrogen-bond donors (Lipinski definition) is 1. The highest BCUT2D eigenvalue weighted by Crippen LogP contribution is 2.26. The van der Waals surface area contributed by atoms with Gasteiger partial charge in [-0.3, -0.25) is 4.90 Å². The van der Waals surface area contributed by atoms with Gasteiger partial charge in [-0.05, 0) is 23.8 Å². The Bertz CT molecular complexity index is 807. The van der Waals surface area contributed by atoms with Gasteiger partial charge in [-0.15, -0.1) is 0 Å². The zero-order valence-corrected chi connectivity index (χ0v) is 15.2. The van der Waals surface area contributed by atoms with Crippen molar-refractivity contribution in [3.63, 3.8) is 0 Å². The number of aromatic carboxylic acids is 1. The molecule has 0 unspecified atom stereocenters. The first-order chi connectivity index (χ1) is 12.5. The zero-order chi connectivity index (χ0) is 18.7. The molecule has 138 valence electrons. The fourth-order valence-electron chi connectivity index (χ4n) is 3.12. The van der Waals surface area contributed by atoms with E-state index < -0.39 is 5.97 Å². The van der Waals surface area contributed by atoms with Crippen molar-refractivity contribution in [2.45, 2.75) is 6.54 Å². The van der Waals surface area contributed by atoms with Gasteiger partial charge in [0.1, 0.15) is 0 Å². The number of nitrogens with zero attached hydrogens (tertiary/aromatic N) is 2. The van der Waals surface area contributed by atoms with Gasteiger partial charge < -0.3 is 14.7 Å². The number of piperazine rings is 1. The lowest BCUT2D eigenvalue weighted by molar-refractivity contribution is 0.0697. The number of carboxylic acids is 1. The molecular weight excluding hydrogens is 359 g/mol. The largest absolute Gasteiger partial charge is 0.494 e. The third-order valence-electron chi connectivity index (χ3n) is 4.58. The Hall–Kier alpha value is -2.31. The van der Waals surface area contributed by atoms with Crippen LogP contribution in [0.25, 0.3) is 0 Å². The molecule has 1 aliphatic heterocycles. The summed E-state index contributed by atoms with van der Waals surface area (Å²) < 4.78 is 18.6. The first kappa shape index (κ1) is 18.5. The number of ether oxygens (including phenoxy) is 1. The summed E-state index contributed by atoms with van der Waals surface area (Å²) in [6.45, 7) is 3.76. The van der Waals surface area contributed by atoms with E-state index >= 15 is 0 Å². The third kappa shape index (κ3) is 3.92. The van der Waals surface area contributed by atoms with E-state index in [9.17, 15) is 14.3 Å². The fraction of sp³-hybridized carbons (Fsp3) is 0.316. The molecule has 1 N–H and O–H groups in total. The van der Waals surface area contributed by atoms with Gasteiger partial charge in [0.15, 0.2) is 11.6 Å². The molecule has 2 aromatic carbocycles. The number of carboxylic acid groups (broad SMARTS) is 1. The summed E-state index contributed by atoms with van der Waals surface area (Å²) in [5, 5.41) is 9.47. The number of anilines is 1. The summed E-state index contributed by atoms with van der Waals surface area (Å²) in [5.74, 6) is -1.16. The smallest absolute Gasteiger partial charge is 0.337 e. The van der Waals surface area contributed by atoms with Crippen LogP contribution in [0.5, 0.6) is 5.75 Å². The Morgan fingerprint density at radius 2 is 1.96 bits per heavy atom. The number of carbonyl (C=O) groups is 1. The van der Waals surface area contributed by atoms with Gasteiger partial charge in [0.05, 0.1) is 17.7 Å². The molecule has 1 heterocycles. The third-order valence-corrected chi connectivity index (χ3v) is 5.02. The highest BCUT2D eigenvalue weighted by molar-refractivity contribution is 6.34. The molecule has 0 aromatic heterocycles. The minimum absolute atomic E-state index is 0.126. The van der Waals surface area contributed by atoms with Gasteiger partial charge in [-0.2, -0.15) is 0 Å². The maximum Gasteiger partial charge on any atom is 0.337 e. The van der Waals surface area contributed by atoms with E-state index in [0.29, 0.717) is 11.6 Å². The molecule has 1 fully saturated rings. The Balaban J connectivity index is 1.64. The van der Waals surface area contributed by atoms with Crippen molar-refractivity contribution in [2.24, 2.45) is 0 Å². The van der Waals surface area contributed by atoms with Crippen molar-refractivity contribution >= 4 is 23.3 Å². The standard InChI is InChI=1S/C19H20ClFN2O3/c1-26-17-11-14(5-6-16(17)21)23-9-7-22(8-10-23)12-13-3-2-4-15(18(13)20)19(24)25/h2-6,11H,7-10,12H2,1H3,(H,24,25). The van der Waals surface area contributed by atoms with Crippen LogP contribution in [0.1, 0.15) is 15.9 Å². The average Bonchev–Trinajstić information content (AvgIpc) is 2.64. The summed E-state index contributed by atoms with van der Waals surface area (Å²) in [6.07, 6.45) is 0. The van der Waals surface area contributed by atoms with Gasteiger partial charge in [0.2, 0.25) is 0 Å². The lowest BCUT2D eigenvalue weighted by Crippen LogP contribution is -2.46. The van der Waals surface area contributed by atoms with Gasteiger partial charge >= 0.3 is 5.97 Å². The van der Waals surface area contributed by atoms with Crippen LogP contribution in [0.3, 0.4) is 0 Å². The second-order valence-electron chi connectivity index (χ2n) is 6.17. The van der Waals surface area contributed by atoms with Crippen molar-refractivity contribution in [3.05, 3.63) is 58.4 Å². The molecule has 2 aromatic rings. The number of halogens is 2. The lowest BCUT2D eigenvalue weighted by Gasteiger charge is -2.36. The van der Waals surface area contributed by atoms with E-state index in [2.05, 4.69) is 9.80 Å². The van der Waals surface area contributed by atoms with Crippen LogP contribution in [0.2, 0.25) is 5.02 Å². The normalized spacial score (nSPS) is 15.1. The number of benzene rings is 2. The summed E-state index contributed by atoms with van der Waals surface area (Å²) in [4.78, 5) is 15.6. The molecular formula is C19H20ClFN2O3. The highest BCUT2D eigenvalue weighted by Gasteiger charge is 2.20. The first-order valence-corrected chi connectivity index (χ1v) is 8.69. The van der Waals surface area contributed by atoms with Crippen LogP contribution in [0, 0.1) is 5.82 Å². The summed E-state index contributed by atoms with van der Waals surface area (Å²) >= 11 is 6.23. The first-order valence-electron chi connectivity index (χ1n) is 8.31. The van der Waals surface area contributed by atoms with Crippen LogP contribution < -0.4 is 9.64 Å². The Morgan fingerprint density at radius 3 is 2.62 bits per heavy atom. The maximum absolute atomic E-state index is 13.6. The molecule has 0 saturated carbocycles. The van der Waals surface area contributed by atoms with E-state index in [1.165, 1.54) is 19.2 Å². The van der Waals surface area contributed by atoms with Gasteiger partial charge in [-0.25, -0.2) is 9.18 Å². The van der Waals surface area contributed by atoms with Crippen molar-refractivity contribution in [1.82, 2.24) is 4.90 Å². The summed E-state index contributed by atoms with van der Waals surface area (Å²) in [5.41, 5.74) is 1.86. The topological polar surface area (TPSA) is 53.0 Å². The predicted molar refractivity (Wildman–Crippen MR) is 98.9 cm³/mol. The quantitative estimate of drug-likeness (QED) is 0.862. The van der Waals surface area contributed by atoms with E-state index in [0.717, 1.165) is 37.4 Å². The molecule has 0 spiro atoms. The molecule has 0 radical (unpaired) electrons. The molecule has 3 rings (SSSR count). The number of methoxy groups -OCH3 is 1. The van der Waals surface area contributed by atoms with Crippen LogP contribution in [0.4, 0.5) is 10.1 Å². The molecule has 26 heavy (non-hydrogen) atoms. The Labute approximate surface area is 156 Å². The molecule has 5 nitrogen and oxygen atoms in total. The molecule has 7 heteroatoms. The van der Waals surface area contributed by atoms with Gasteiger partial charge in [-0.1, -0.05) is 23.7 Å². The minimum atomic E-state index is -1.02. The van der Waals surface area contributed by atoms with E-state index in [4.69, 9.17) is 16.3 Å². The number of rotatable bonds is 5. The Kier molecular flexibility index (Phi) is 5.64. The maximum atomic E-state index is 13.6. The molecule has 0 amide bonds. The van der Waals surface area contributed by atoms with Crippen molar-refractivity contribution in [1.29, 1.82) is 0 Å². The van der Waals surface area contributed by atoms with E-state index in [1.807, 2.05) is 6.07 Å². The van der Waals surface area contributed by atoms with E-state index in [-0.39, 0.29) is 17.1 Å². The highest BCUT2D eigenvalue weighted by atomic mass is 35.5. The van der Waals surface area contributed by atoms with E-state index in [1.54, 1.807) is 18.2 Å². The van der Waals surface area contributed by atoms with Crippen LogP contribution in [-0.2, 0) is 6.54 Å². The molecule has 1 aliphatic rings. The van der Waals surface area contributed by atoms with Crippen LogP contribution >= 0.6 is 11.6 Å². The van der Waals surface area contributed by atoms with Crippen LogP contribution in [0.15, 0.2) is 36.4 Å². The van der Waals surface area contributed by atoms with Crippen molar-refractivity contribution in [3.8, 4) is 5.75 Å². The minimum Gasteiger partial charge on any atom is -0.494 e. The summed E-state index contributed by atoms with van der Waals surface area (Å²) in [6, 6.07) is 9.95. The monoisotopic (exact) mass is 378 g/mol. The zero-order valence-electron chi connectivity index (χ0n) is 14.4. The summed E-state index contributed by atoms with van der Waals surface area (Å²) in [7, 11) is 1.45. The predicted octanol–water partition coefficient (Wildman–Crippen LogP) is 3.51. The molecule has 1 saturated heterocycles. The second kappa shape index (κ2) is 7.93. The molecule has 0 atom stereocenters. The van der Waals surface area contributed by atoms with Crippen LogP contribution in [-0.4, -0.2) is 49.3 Å². The van der Waals surface area contributed by atoms with Gasteiger partial charge in [0.25, 0.3) is 0 Å². The Morgan fingerprint density at radius 1 is 1.23 bits per heavy atom.